The molecule has 1 aliphatic heterocycles. The first-order chi connectivity index (χ1) is 11.2. The molecule has 2 aromatic rings. The lowest BCUT2D eigenvalue weighted by Gasteiger charge is -2.27. The van der Waals surface area contributed by atoms with Crippen molar-refractivity contribution in [1.82, 2.24) is 9.97 Å². The van der Waals surface area contributed by atoms with Crippen LogP contribution < -0.4 is 16.2 Å². The number of rotatable bonds is 3. The molecule has 7 nitrogen and oxygen atoms in total. The lowest BCUT2D eigenvalue weighted by molar-refractivity contribution is 0.112. The number of nitrogens with two attached hydrogens (primary N) is 1. The molecular weight excluding hydrogens is 294 g/mol. The summed E-state index contributed by atoms with van der Waals surface area (Å²) >= 11 is 0. The molecule has 0 atom stereocenters. The predicted molar refractivity (Wildman–Crippen MR) is 89.4 cm³/mol. The van der Waals surface area contributed by atoms with Gasteiger partial charge in [-0.25, -0.2) is 15.8 Å². The van der Waals surface area contributed by atoms with E-state index in [0.29, 0.717) is 5.82 Å². The van der Waals surface area contributed by atoms with Gasteiger partial charge in [-0.1, -0.05) is 23.8 Å². The van der Waals surface area contributed by atoms with Crippen LogP contribution in [0.1, 0.15) is 15.9 Å². The highest BCUT2D eigenvalue weighted by Crippen LogP contribution is 2.14. The number of aryl methyl sites for hydroxylation is 1. The third kappa shape index (κ3) is 5.32. The van der Waals surface area contributed by atoms with Crippen molar-refractivity contribution in [1.29, 1.82) is 0 Å². The zero-order chi connectivity index (χ0) is 16.5. The van der Waals surface area contributed by atoms with Gasteiger partial charge in [-0.15, -0.1) is 0 Å². The van der Waals surface area contributed by atoms with Crippen LogP contribution in [0.15, 0.2) is 36.7 Å². The molecule has 7 heteroatoms. The van der Waals surface area contributed by atoms with Gasteiger partial charge in [-0.2, -0.15) is 0 Å². The van der Waals surface area contributed by atoms with E-state index >= 15 is 0 Å². The smallest absolute Gasteiger partial charge is 0.150 e. The van der Waals surface area contributed by atoms with Gasteiger partial charge in [-0.3, -0.25) is 4.79 Å². The number of benzene rings is 1. The Morgan fingerprint density at radius 1 is 1.26 bits per heavy atom. The van der Waals surface area contributed by atoms with Crippen LogP contribution in [0.4, 0.5) is 11.6 Å². The molecule has 1 aromatic heterocycles. The number of ether oxygens (including phenoxy) is 1. The third-order valence-corrected chi connectivity index (χ3v) is 3.31. The number of hydrogen-bond acceptors (Lipinski definition) is 7. The van der Waals surface area contributed by atoms with Gasteiger partial charge in [0.25, 0.3) is 0 Å². The number of aromatic nitrogens is 2. The van der Waals surface area contributed by atoms with E-state index in [-0.39, 0.29) is 0 Å². The number of hydrazine groups is 1. The highest BCUT2D eigenvalue weighted by molar-refractivity contribution is 5.74. The summed E-state index contributed by atoms with van der Waals surface area (Å²) in [6, 6.07) is 9.31. The molecule has 122 valence electrons. The van der Waals surface area contributed by atoms with Gasteiger partial charge in [0.05, 0.1) is 13.2 Å². The number of hydrogen-bond donors (Lipinski definition) is 2. The second-order valence-corrected chi connectivity index (χ2v) is 5.04. The minimum Gasteiger partial charge on any atom is -0.378 e. The Hall–Kier alpha value is -2.51. The number of carbonyl (C=O) groups is 1. The van der Waals surface area contributed by atoms with Gasteiger partial charge in [0.2, 0.25) is 0 Å². The Balaban J connectivity index is 0.000000185. The van der Waals surface area contributed by atoms with E-state index in [1.54, 1.807) is 6.07 Å². The molecule has 1 aromatic carbocycles. The summed E-state index contributed by atoms with van der Waals surface area (Å²) in [7, 11) is 0. The molecule has 1 aliphatic rings. The van der Waals surface area contributed by atoms with E-state index in [9.17, 15) is 4.79 Å². The highest BCUT2D eigenvalue weighted by atomic mass is 16.5. The van der Waals surface area contributed by atoms with Crippen LogP contribution >= 0.6 is 0 Å². The number of morpholine rings is 1. The minimum atomic E-state index is 0.626. The average Bonchev–Trinajstić information content (AvgIpc) is 2.63. The Kier molecular flexibility index (Phi) is 6.46. The van der Waals surface area contributed by atoms with Crippen molar-refractivity contribution < 1.29 is 9.53 Å². The molecule has 0 unspecified atom stereocenters. The van der Waals surface area contributed by atoms with Crippen LogP contribution in [-0.4, -0.2) is 42.6 Å². The van der Waals surface area contributed by atoms with Crippen LogP contribution in [0.3, 0.4) is 0 Å². The Morgan fingerprint density at radius 3 is 2.65 bits per heavy atom. The molecule has 1 saturated heterocycles. The molecule has 0 aliphatic carbocycles. The molecule has 0 bridgehead atoms. The third-order valence-electron chi connectivity index (χ3n) is 3.31. The summed E-state index contributed by atoms with van der Waals surface area (Å²) in [6.07, 6.45) is 2.35. The van der Waals surface area contributed by atoms with Gasteiger partial charge in [0.15, 0.2) is 0 Å². The van der Waals surface area contributed by atoms with Gasteiger partial charge >= 0.3 is 0 Å². The van der Waals surface area contributed by atoms with Gasteiger partial charge in [0.1, 0.15) is 24.2 Å². The van der Waals surface area contributed by atoms with E-state index in [1.165, 1.54) is 6.33 Å². The summed E-state index contributed by atoms with van der Waals surface area (Å²) in [4.78, 5) is 20.4. The molecular formula is C16H21N5O2. The summed E-state index contributed by atoms with van der Waals surface area (Å²) in [6.45, 7) is 5.18. The van der Waals surface area contributed by atoms with Crippen molar-refractivity contribution in [3.05, 3.63) is 47.8 Å². The summed E-state index contributed by atoms with van der Waals surface area (Å²) < 4.78 is 5.25. The maximum absolute atomic E-state index is 10.2. The molecule has 3 rings (SSSR count). The van der Waals surface area contributed by atoms with Crippen molar-refractivity contribution in [3.63, 3.8) is 0 Å². The lowest BCUT2D eigenvalue weighted by atomic mass is 10.2. The molecule has 3 N–H and O–H groups in total. The first kappa shape index (κ1) is 16.9. The molecule has 0 saturated carbocycles. The first-order valence-electron chi connectivity index (χ1n) is 7.36. The van der Waals surface area contributed by atoms with E-state index in [1.807, 2.05) is 31.2 Å². The van der Waals surface area contributed by atoms with Gasteiger partial charge in [-0.05, 0) is 13.0 Å². The van der Waals surface area contributed by atoms with E-state index in [4.69, 9.17) is 10.6 Å². The number of nitrogens with one attached hydrogen (secondary N) is 1. The standard InChI is InChI=1S/C8H13N5O.C8H8O/c9-12-7-5-8(11-6-10-7)13-1-3-14-4-2-13;1-7-3-2-4-8(5-7)6-9/h5-6H,1-4,9H2,(H,10,11,12);2-6H,1H3. The lowest BCUT2D eigenvalue weighted by Crippen LogP contribution is -2.36. The van der Waals surface area contributed by atoms with E-state index in [2.05, 4.69) is 20.3 Å². The number of aldehydes is 1. The number of carbonyl (C=O) groups excluding carboxylic acids is 1. The molecule has 1 fully saturated rings. The monoisotopic (exact) mass is 315 g/mol. The van der Waals surface area contributed by atoms with Crippen LogP contribution in [0, 0.1) is 6.92 Å². The van der Waals surface area contributed by atoms with Crippen molar-refractivity contribution in [2.75, 3.05) is 36.6 Å². The zero-order valence-electron chi connectivity index (χ0n) is 13.1. The van der Waals surface area contributed by atoms with Gasteiger partial charge in [0, 0.05) is 24.7 Å². The first-order valence-corrected chi connectivity index (χ1v) is 7.36. The summed E-state index contributed by atoms with van der Waals surface area (Å²) in [5.74, 6) is 6.78. The maximum atomic E-state index is 10.2. The van der Waals surface area contributed by atoms with Crippen LogP contribution in [0.25, 0.3) is 0 Å². The van der Waals surface area contributed by atoms with Gasteiger partial charge < -0.3 is 15.1 Å². The van der Waals surface area contributed by atoms with Crippen molar-refractivity contribution in [2.24, 2.45) is 5.84 Å². The normalized spacial score (nSPS) is 13.7. The Bertz CT molecular complexity index is 629. The highest BCUT2D eigenvalue weighted by Gasteiger charge is 2.12. The largest absolute Gasteiger partial charge is 0.378 e. The number of anilines is 2. The fourth-order valence-corrected chi connectivity index (χ4v) is 2.13. The quantitative estimate of drug-likeness (QED) is 0.502. The Morgan fingerprint density at radius 2 is 2.04 bits per heavy atom. The zero-order valence-corrected chi connectivity index (χ0v) is 13.1. The predicted octanol–water partition coefficient (Wildman–Crippen LogP) is 1.41. The second kappa shape index (κ2) is 8.82. The van der Waals surface area contributed by atoms with Crippen LogP contribution in [-0.2, 0) is 4.74 Å². The van der Waals surface area contributed by atoms with Crippen LogP contribution in [0.2, 0.25) is 0 Å². The number of nitrogen functional groups attached to an aromatic ring is 1. The topological polar surface area (TPSA) is 93.4 Å². The molecule has 23 heavy (non-hydrogen) atoms. The summed E-state index contributed by atoms with van der Waals surface area (Å²) in [5.41, 5.74) is 4.37. The summed E-state index contributed by atoms with van der Waals surface area (Å²) in [5, 5.41) is 0. The molecule has 0 radical (unpaired) electrons. The van der Waals surface area contributed by atoms with E-state index in [0.717, 1.165) is 49.5 Å². The SMILES string of the molecule is Cc1cccc(C=O)c1.NNc1cc(N2CCOCC2)ncn1. The van der Waals surface area contributed by atoms with Crippen molar-refractivity contribution in [2.45, 2.75) is 6.92 Å². The minimum absolute atomic E-state index is 0.626. The fraction of sp³-hybridized carbons (Fsp3) is 0.312. The van der Waals surface area contributed by atoms with Crippen LogP contribution in [0.5, 0.6) is 0 Å². The fourth-order valence-electron chi connectivity index (χ4n) is 2.13. The van der Waals surface area contributed by atoms with E-state index < -0.39 is 0 Å². The molecule has 0 spiro atoms. The van der Waals surface area contributed by atoms with Crippen molar-refractivity contribution in [3.8, 4) is 0 Å². The molecule has 2 heterocycles. The van der Waals surface area contributed by atoms with Crippen molar-refractivity contribution >= 4 is 17.9 Å². The second-order valence-electron chi connectivity index (χ2n) is 5.04. The molecule has 0 amide bonds. The Labute approximate surface area is 135 Å². The average molecular weight is 315 g/mol. The number of nitrogens with zero attached hydrogens (tertiary/aromatic N) is 3. The maximum Gasteiger partial charge on any atom is 0.150 e.